The fraction of sp³-hybridized carbons (Fsp3) is 0.533. The Morgan fingerprint density at radius 3 is 2.40 bits per heavy atom. The van der Waals surface area contributed by atoms with Gasteiger partial charge in [-0.25, -0.2) is 0 Å². The van der Waals surface area contributed by atoms with Gasteiger partial charge in [0.15, 0.2) is 5.78 Å². The van der Waals surface area contributed by atoms with Gasteiger partial charge in [-0.15, -0.1) is 0 Å². The van der Waals surface area contributed by atoms with Crippen molar-refractivity contribution in [3.05, 3.63) is 23.3 Å². The van der Waals surface area contributed by atoms with E-state index in [-0.39, 0.29) is 24.5 Å². The lowest BCUT2D eigenvalue weighted by molar-refractivity contribution is -0.140. The zero-order valence-corrected chi connectivity index (χ0v) is 11.8. The Morgan fingerprint density at radius 1 is 1.35 bits per heavy atom. The van der Waals surface area contributed by atoms with Crippen LogP contribution in [0.5, 0.6) is 0 Å². The van der Waals surface area contributed by atoms with Gasteiger partial charge in [-0.1, -0.05) is 19.1 Å². The molecular formula is C15H20O5. The number of rotatable bonds is 6. The van der Waals surface area contributed by atoms with Crippen LogP contribution in [0.15, 0.2) is 23.3 Å². The second-order valence-electron chi connectivity index (χ2n) is 5.39. The monoisotopic (exact) mass is 280 g/mol. The number of carboxylic acid groups (broad SMARTS) is 2. The van der Waals surface area contributed by atoms with Crippen LogP contribution in [0.25, 0.3) is 0 Å². The molecule has 0 aromatic heterocycles. The molecule has 1 atom stereocenters. The van der Waals surface area contributed by atoms with E-state index in [4.69, 9.17) is 10.2 Å². The number of ketones is 1. The van der Waals surface area contributed by atoms with Gasteiger partial charge in [-0.3, -0.25) is 14.4 Å². The first kappa shape index (κ1) is 16.1. The minimum absolute atomic E-state index is 0.0208. The molecular weight excluding hydrogens is 260 g/mol. The molecule has 110 valence electrons. The molecule has 1 unspecified atom stereocenters. The van der Waals surface area contributed by atoms with Gasteiger partial charge in [0, 0.05) is 12.8 Å². The molecule has 0 aromatic carbocycles. The van der Waals surface area contributed by atoms with Crippen LogP contribution in [-0.2, 0) is 14.4 Å². The van der Waals surface area contributed by atoms with Crippen molar-refractivity contribution in [2.24, 2.45) is 11.8 Å². The minimum Gasteiger partial charge on any atom is -0.481 e. The highest BCUT2D eigenvalue weighted by atomic mass is 16.4. The maximum atomic E-state index is 12.0. The van der Waals surface area contributed by atoms with E-state index < -0.39 is 17.9 Å². The van der Waals surface area contributed by atoms with Crippen molar-refractivity contribution in [2.75, 3.05) is 0 Å². The van der Waals surface area contributed by atoms with E-state index in [9.17, 15) is 14.4 Å². The number of aliphatic carboxylic acids is 2. The van der Waals surface area contributed by atoms with Gasteiger partial charge in [0.25, 0.3) is 0 Å². The van der Waals surface area contributed by atoms with Gasteiger partial charge >= 0.3 is 11.9 Å². The number of carboxylic acids is 2. The van der Waals surface area contributed by atoms with Crippen molar-refractivity contribution in [3.8, 4) is 0 Å². The SMILES string of the molecule is CC1=CC(C)CC(=CCC(CC(=O)O)CC(=O)O)C1=O. The summed E-state index contributed by atoms with van der Waals surface area (Å²) in [4.78, 5) is 33.4. The van der Waals surface area contributed by atoms with Crippen molar-refractivity contribution in [1.82, 2.24) is 0 Å². The maximum absolute atomic E-state index is 12.0. The molecule has 0 saturated carbocycles. The third kappa shape index (κ3) is 4.99. The number of hydrogen-bond acceptors (Lipinski definition) is 3. The van der Waals surface area contributed by atoms with Gasteiger partial charge in [0.2, 0.25) is 0 Å². The van der Waals surface area contributed by atoms with Crippen LogP contribution < -0.4 is 0 Å². The highest BCUT2D eigenvalue weighted by Crippen LogP contribution is 2.26. The van der Waals surface area contributed by atoms with Crippen molar-refractivity contribution in [3.63, 3.8) is 0 Å². The number of carbonyl (C=O) groups excluding carboxylic acids is 1. The summed E-state index contributed by atoms with van der Waals surface area (Å²) in [5.74, 6) is -2.27. The second kappa shape index (κ2) is 7.03. The molecule has 0 fully saturated rings. The normalized spacial score (nSPS) is 21.1. The van der Waals surface area contributed by atoms with Crippen molar-refractivity contribution in [1.29, 1.82) is 0 Å². The van der Waals surface area contributed by atoms with Gasteiger partial charge in [0.1, 0.15) is 0 Å². The first-order chi connectivity index (χ1) is 9.29. The highest BCUT2D eigenvalue weighted by molar-refractivity contribution is 6.08. The fourth-order valence-corrected chi connectivity index (χ4v) is 2.47. The molecule has 0 aliphatic heterocycles. The molecule has 0 aromatic rings. The lowest BCUT2D eigenvalue weighted by Gasteiger charge is -2.18. The van der Waals surface area contributed by atoms with Crippen LogP contribution in [0.3, 0.4) is 0 Å². The second-order valence-corrected chi connectivity index (χ2v) is 5.39. The topological polar surface area (TPSA) is 91.7 Å². The lowest BCUT2D eigenvalue weighted by Crippen LogP contribution is -2.16. The molecule has 2 N–H and O–H groups in total. The Bertz CT molecular complexity index is 457. The van der Waals surface area contributed by atoms with Gasteiger partial charge in [0.05, 0.1) is 0 Å². The van der Waals surface area contributed by atoms with Gasteiger partial charge < -0.3 is 10.2 Å². The van der Waals surface area contributed by atoms with E-state index in [2.05, 4.69) is 0 Å². The summed E-state index contributed by atoms with van der Waals surface area (Å²) in [7, 11) is 0. The zero-order valence-electron chi connectivity index (χ0n) is 11.8. The lowest BCUT2D eigenvalue weighted by atomic mass is 9.85. The van der Waals surface area contributed by atoms with E-state index >= 15 is 0 Å². The van der Waals surface area contributed by atoms with Crippen molar-refractivity contribution < 1.29 is 24.6 Å². The summed E-state index contributed by atoms with van der Waals surface area (Å²) >= 11 is 0. The van der Waals surface area contributed by atoms with Crippen LogP contribution in [0.4, 0.5) is 0 Å². The van der Waals surface area contributed by atoms with E-state index in [0.717, 1.165) is 0 Å². The first-order valence-electron chi connectivity index (χ1n) is 6.65. The third-order valence-electron chi connectivity index (χ3n) is 3.35. The smallest absolute Gasteiger partial charge is 0.303 e. The quantitative estimate of drug-likeness (QED) is 0.729. The molecule has 1 aliphatic carbocycles. The summed E-state index contributed by atoms with van der Waals surface area (Å²) in [6.45, 7) is 3.77. The molecule has 1 rings (SSSR count). The summed E-state index contributed by atoms with van der Waals surface area (Å²) in [5.41, 5.74) is 1.36. The third-order valence-corrected chi connectivity index (χ3v) is 3.35. The Morgan fingerprint density at radius 2 is 1.90 bits per heavy atom. The van der Waals surface area contributed by atoms with Crippen LogP contribution in [0, 0.1) is 11.8 Å². The molecule has 1 aliphatic rings. The molecule has 0 bridgehead atoms. The molecule has 0 spiro atoms. The Labute approximate surface area is 118 Å². The van der Waals surface area contributed by atoms with Gasteiger partial charge in [-0.05, 0) is 42.7 Å². The Hall–Kier alpha value is -1.91. The molecule has 0 saturated heterocycles. The molecule has 5 nitrogen and oxygen atoms in total. The molecule has 0 heterocycles. The van der Waals surface area contributed by atoms with Crippen molar-refractivity contribution >= 4 is 17.7 Å². The number of hydrogen-bond donors (Lipinski definition) is 2. The van der Waals surface area contributed by atoms with E-state index in [0.29, 0.717) is 24.0 Å². The highest BCUT2D eigenvalue weighted by Gasteiger charge is 2.21. The average molecular weight is 280 g/mol. The largest absolute Gasteiger partial charge is 0.481 e. The number of carbonyl (C=O) groups is 3. The predicted molar refractivity (Wildman–Crippen MR) is 73.2 cm³/mol. The van der Waals surface area contributed by atoms with Crippen molar-refractivity contribution in [2.45, 2.75) is 39.5 Å². The standard InChI is InChI=1S/C15H20O5/c1-9-5-10(2)15(20)12(6-9)4-3-11(7-13(16)17)8-14(18)19/h4-5,9,11H,3,6-8H2,1-2H3,(H,16,17)(H,18,19). The molecule has 0 radical (unpaired) electrons. The Kier molecular flexibility index (Phi) is 5.67. The minimum atomic E-state index is -1.02. The van der Waals surface area contributed by atoms with Crippen LogP contribution in [0.1, 0.15) is 39.5 Å². The van der Waals surface area contributed by atoms with E-state index in [1.165, 1.54) is 0 Å². The number of allylic oxidation sites excluding steroid dienone is 4. The first-order valence-corrected chi connectivity index (χ1v) is 6.65. The summed E-state index contributed by atoms with van der Waals surface area (Å²) < 4.78 is 0. The van der Waals surface area contributed by atoms with Gasteiger partial charge in [-0.2, -0.15) is 0 Å². The average Bonchev–Trinajstić information content (AvgIpc) is 2.30. The summed E-state index contributed by atoms with van der Waals surface area (Å²) in [6, 6.07) is 0. The maximum Gasteiger partial charge on any atom is 0.303 e. The molecule has 5 heteroatoms. The summed E-state index contributed by atoms with van der Waals surface area (Å²) in [6.07, 6.45) is 4.17. The zero-order chi connectivity index (χ0) is 15.3. The Balaban J connectivity index is 2.76. The fourth-order valence-electron chi connectivity index (χ4n) is 2.47. The number of Topliss-reactive ketones (excluding diaryl/α,β-unsaturated/α-hetero) is 1. The predicted octanol–water partition coefficient (Wildman–Crippen LogP) is 2.42. The van der Waals surface area contributed by atoms with E-state index in [1.807, 2.05) is 13.0 Å². The van der Waals surface area contributed by atoms with Crippen LogP contribution in [-0.4, -0.2) is 27.9 Å². The molecule has 20 heavy (non-hydrogen) atoms. The van der Waals surface area contributed by atoms with E-state index in [1.54, 1.807) is 13.0 Å². The molecule has 0 amide bonds. The summed E-state index contributed by atoms with van der Waals surface area (Å²) in [5, 5.41) is 17.6. The van der Waals surface area contributed by atoms with Crippen LogP contribution >= 0.6 is 0 Å². The van der Waals surface area contributed by atoms with Crippen LogP contribution in [0.2, 0.25) is 0 Å².